The van der Waals surface area contributed by atoms with E-state index < -0.39 is 0 Å². The van der Waals surface area contributed by atoms with Gasteiger partial charge in [-0.25, -0.2) is 9.18 Å². The number of piperidine rings is 1. The number of rotatable bonds is 6. The van der Waals surface area contributed by atoms with Crippen LogP contribution in [0.2, 0.25) is 0 Å². The van der Waals surface area contributed by atoms with Gasteiger partial charge in [-0.2, -0.15) is 0 Å². The van der Waals surface area contributed by atoms with Gasteiger partial charge in [0.05, 0.1) is 6.20 Å². The van der Waals surface area contributed by atoms with Crippen LogP contribution in [-0.2, 0) is 6.61 Å². The number of likely N-dealkylation sites (tertiary alicyclic amines) is 1. The van der Waals surface area contributed by atoms with E-state index in [4.69, 9.17) is 14.2 Å². The van der Waals surface area contributed by atoms with E-state index in [1.165, 1.54) is 12.1 Å². The molecule has 1 amide bonds. The molecule has 1 aliphatic rings. The normalized spacial score (nSPS) is 14.1. The Hall–Kier alpha value is -3.61. The summed E-state index contributed by atoms with van der Waals surface area (Å²) in [5.41, 5.74) is 1.64. The van der Waals surface area contributed by atoms with Gasteiger partial charge in [-0.15, -0.1) is 0 Å². The highest BCUT2D eigenvalue weighted by Gasteiger charge is 2.25. The van der Waals surface area contributed by atoms with Crippen molar-refractivity contribution in [2.75, 3.05) is 13.1 Å². The molecule has 3 aromatic rings. The zero-order chi connectivity index (χ0) is 22.3. The fourth-order valence-corrected chi connectivity index (χ4v) is 3.47. The summed E-state index contributed by atoms with van der Waals surface area (Å²) in [6.07, 6.45) is 4.32. The first-order valence-electron chi connectivity index (χ1n) is 10.6. The zero-order valence-electron chi connectivity index (χ0n) is 17.9. The third-order valence-electron chi connectivity index (χ3n) is 5.31. The van der Waals surface area contributed by atoms with Gasteiger partial charge in [0.25, 0.3) is 0 Å². The van der Waals surface area contributed by atoms with Gasteiger partial charge in [0, 0.05) is 32.1 Å². The molecule has 1 saturated heterocycles. The van der Waals surface area contributed by atoms with Crippen LogP contribution < -0.4 is 14.2 Å². The molecule has 0 atom stereocenters. The van der Waals surface area contributed by atoms with Gasteiger partial charge in [0.2, 0.25) is 0 Å². The second-order valence-corrected chi connectivity index (χ2v) is 7.70. The molecule has 6 nitrogen and oxygen atoms in total. The number of aryl methyl sites for hydroxylation is 1. The van der Waals surface area contributed by atoms with Crippen molar-refractivity contribution in [1.29, 1.82) is 0 Å². The number of hydrogen-bond acceptors (Lipinski definition) is 5. The van der Waals surface area contributed by atoms with E-state index in [9.17, 15) is 9.18 Å². The van der Waals surface area contributed by atoms with Crippen LogP contribution in [0.5, 0.6) is 17.2 Å². The van der Waals surface area contributed by atoms with E-state index in [0.717, 1.165) is 29.7 Å². The van der Waals surface area contributed by atoms with Gasteiger partial charge in [0.15, 0.2) is 5.75 Å². The molecule has 0 aliphatic carbocycles. The van der Waals surface area contributed by atoms with Gasteiger partial charge in [-0.05, 0) is 60.5 Å². The molecule has 0 bridgehead atoms. The molecule has 1 aromatic heterocycles. The molecule has 7 heteroatoms. The maximum atomic E-state index is 13.2. The minimum atomic E-state index is -0.362. The molecule has 32 heavy (non-hydrogen) atoms. The van der Waals surface area contributed by atoms with Crippen LogP contribution >= 0.6 is 0 Å². The lowest BCUT2D eigenvalue weighted by Crippen LogP contribution is -2.43. The molecule has 0 spiro atoms. The largest absolute Gasteiger partial charge is 0.490 e. The highest BCUT2D eigenvalue weighted by molar-refractivity contribution is 5.71. The number of aromatic nitrogens is 1. The second kappa shape index (κ2) is 10.1. The summed E-state index contributed by atoms with van der Waals surface area (Å²) >= 11 is 0. The minimum absolute atomic E-state index is 0.0261. The van der Waals surface area contributed by atoms with Crippen molar-refractivity contribution in [3.63, 3.8) is 0 Å². The quantitative estimate of drug-likeness (QED) is 0.535. The van der Waals surface area contributed by atoms with Crippen molar-refractivity contribution in [2.45, 2.75) is 32.5 Å². The van der Waals surface area contributed by atoms with E-state index in [-0.39, 0.29) is 18.0 Å². The van der Waals surface area contributed by atoms with E-state index in [2.05, 4.69) is 4.98 Å². The summed E-state index contributed by atoms with van der Waals surface area (Å²) in [5.74, 6) is 1.64. The fourth-order valence-electron chi connectivity index (χ4n) is 3.47. The Balaban J connectivity index is 1.22. The Morgan fingerprint density at radius 3 is 2.56 bits per heavy atom. The van der Waals surface area contributed by atoms with E-state index >= 15 is 0 Å². The molecule has 0 unspecified atom stereocenters. The molecular formula is C25H25FN2O4. The SMILES string of the molecule is Cc1ccncc1OC(=O)N1CCC(Oc2ccc(OCc3cccc(F)c3)cc2)CC1. The van der Waals surface area contributed by atoms with Gasteiger partial charge >= 0.3 is 6.09 Å². The Labute approximate surface area is 186 Å². The van der Waals surface area contributed by atoms with Gasteiger partial charge in [0.1, 0.15) is 30.0 Å². The van der Waals surface area contributed by atoms with Crippen molar-refractivity contribution >= 4 is 6.09 Å². The third-order valence-corrected chi connectivity index (χ3v) is 5.31. The van der Waals surface area contributed by atoms with Crippen molar-refractivity contribution in [3.05, 3.63) is 83.9 Å². The number of nitrogens with zero attached hydrogens (tertiary/aromatic N) is 2. The lowest BCUT2D eigenvalue weighted by atomic mass is 10.1. The standard InChI is InChI=1S/C25H25FN2O4/c1-18-9-12-27-16-24(18)32-25(29)28-13-10-23(11-14-28)31-22-7-5-21(6-8-22)30-17-19-3-2-4-20(26)15-19/h2-9,12,15-16,23H,10-11,13-14,17H2,1H3. The molecule has 1 fully saturated rings. The number of ether oxygens (including phenoxy) is 3. The number of benzene rings is 2. The molecule has 0 N–H and O–H groups in total. The van der Waals surface area contributed by atoms with Crippen LogP contribution in [-0.4, -0.2) is 35.2 Å². The Bertz CT molecular complexity index is 1050. The number of carbonyl (C=O) groups excluding carboxylic acids is 1. The number of hydrogen-bond donors (Lipinski definition) is 0. The lowest BCUT2D eigenvalue weighted by molar-refractivity contribution is 0.0928. The lowest BCUT2D eigenvalue weighted by Gasteiger charge is -2.31. The van der Waals surface area contributed by atoms with E-state index in [1.807, 2.05) is 37.3 Å². The second-order valence-electron chi connectivity index (χ2n) is 7.70. The Morgan fingerprint density at radius 2 is 1.84 bits per heavy atom. The molecule has 0 saturated carbocycles. The average molecular weight is 436 g/mol. The highest BCUT2D eigenvalue weighted by Crippen LogP contribution is 2.24. The zero-order valence-corrected chi connectivity index (χ0v) is 17.9. The summed E-state index contributed by atoms with van der Waals surface area (Å²) in [6, 6.07) is 15.5. The average Bonchev–Trinajstić information content (AvgIpc) is 2.81. The third kappa shape index (κ3) is 5.75. The smallest absolute Gasteiger partial charge is 0.415 e. The first-order chi connectivity index (χ1) is 15.6. The summed E-state index contributed by atoms with van der Waals surface area (Å²) in [7, 11) is 0. The highest BCUT2D eigenvalue weighted by atomic mass is 19.1. The summed E-state index contributed by atoms with van der Waals surface area (Å²) in [5, 5.41) is 0. The van der Waals surface area contributed by atoms with Gasteiger partial charge in [-0.3, -0.25) is 4.98 Å². The van der Waals surface area contributed by atoms with Crippen LogP contribution in [0.25, 0.3) is 0 Å². The maximum absolute atomic E-state index is 13.2. The van der Waals surface area contributed by atoms with Gasteiger partial charge < -0.3 is 19.1 Å². The number of pyridine rings is 1. The summed E-state index contributed by atoms with van der Waals surface area (Å²) < 4.78 is 30.5. The first kappa shape index (κ1) is 21.6. The minimum Gasteiger partial charge on any atom is -0.490 e. The van der Waals surface area contributed by atoms with Crippen LogP contribution in [0.15, 0.2) is 67.0 Å². The number of halogens is 1. The fraction of sp³-hybridized carbons (Fsp3) is 0.280. The van der Waals surface area contributed by atoms with Gasteiger partial charge in [-0.1, -0.05) is 12.1 Å². The Morgan fingerprint density at radius 1 is 1.09 bits per heavy atom. The predicted molar refractivity (Wildman–Crippen MR) is 117 cm³/mol. The monoisotopic (exact) mass is 436 g/mol. The Kier molecular flexibility index (Phi) is 6.84. The number of amides is 1. The molecule has 2 heterocycles. The predicted octanol–water partition coefficient (Wildman–Crippen LogP) is 5.15. The number of carbonyl (C=O) groups is 1. The van der Waals surface area contributed by atoms with Crippen molar-refractivity contribution < 1.29 is 23.4 Å². The van der Waals surface area contributed by atoms with Crippen molar-refractivity contribution in [1.82, 2.24) is 9.88 Å². The molecule has 166 valence electrons. The van der Waals surface area contributed by atoms with Crippen molar-refractivity contribution in [3.8, 4) is 17.2 Å². The van der Waals surface area contributed by atoms with E-state index in [0.29, 0.717) is 31.2 Å². The van der Waals surface area contributed by atoms with Crippen LogP contribution in [0.1, 0.15) is 24.0 Å². The molecule has 0 radical (unpaired) electrons. The molecule has 4 rings (SSSR count). The summed E-state index contributed by atoms with van der Waals surface area (Å²) in [4.78, 5) is 18.1. The first-order valence-corrected chi connectivity index (χ1v) is 10.6. The molecule has 1 aliphatic heterocycles. The van der Waals surface area contributed by atoms with Crippen LogP contribution in [0.4, 0.5) is 9.18 Å². The molecule has 2 aromatic carbocycles. The van der Waals surface area contributed by atoms with Crippen LogP contribution in [0.3, 0.4) is 0 Å². The van der Waals surface area contributed by atoms with Crippen molar-refractivity contribution in [2.24, 2.45) is 0 Å². The summed E-state index contributed by atoms with van der Waals surface area (Å²) in [6.45, 7) is 3.31. The topological polar surface area (TPSA) is 60.9 Å². The van der Waals surface area contributed by atoms with E-state index in [1.54, 1.807) is 29.4 Å². The molecular weight excluding hydrogens is 411 g/mol. The van der Waals surface area contributed by atoms with Crippen LogP contribution in [0, 0.1) is 12.7 Å². The maximum Gasteiger partial charge on any atom is 0.415 e.